The number of imide groups is 1. The molecule has 31 heavy (non-hydrogen) atoms. The number of anilines is 1. The van der Waals surface area contributed by atoms with Gasteiger partial charge in [-0.05, 0) is 60.3 Å². The summed E-state index contributed by atoms with van der Waals surface area (Å²) in [4.78, 5) is 38.3. The van der Waals surface area contributed by atoms with Crippen LogP contribution in [0.4, 0.5) is 10.5 Å². The van der Waals surface area contributed by atoms with Crippen LogP contribution < -0.4 is 5.32 Å². The number of rotatable bonds is 5. The normalized spacial score (nSPS) is 15.0. The van der Waals surface area contributed by atoms with E-state index in [1.54, 1.807) is 36.4 Å². The Bertz CT molecular complexity index is 1190. The van der Waals surface area contributed by atoms with E-state index in [0.717, 1.165) is 31.2 Å². The molecular formula is C22H14Br2N2O4S. The van der Waals surface area contributed by atoms with Gasteiger partial charge in [-0.3, -0.25) is 19.3 Å². The van der Waals surface area contributed by atoms with Gasteiger partial charge in [-0.2, -0.15) is 0 Å². The van der Waals surface area contributed by atoms with Crippen LogP contribution in [-0.4, -0.2) is 28.5 Å². The highest BCUT2D eigenvalue weighted by molar-refractivity contribution is 9.10. The summed E-state index contributed by atoms with van der Waals surface area (Å²) in [6, 6.07) is 18.1. The molecule has 1 aliphatic rings. The molecule has 0 bridgehead atoms. The second-order valence-electron chi connectivity index (χ2n) is 6.53. The van der Waals surface area contributed by atoms with E-state index in [-0.39, 0.29) is 11.4 Å². The van der Waals surface area contributed by atoms with E-state index < -0.39 is 17.1 Å². The van der Waals surface area contributed by atoms with Crippen LogP contribution in [-0.2, 0) is 9.59 Å². The second kappa shape index (κ2) is 9.25. The van der Waals surface area contributed by atoms with Crippen molar-refractivity contribution in [3.8, 4) is 11.3 Å². The number of amides is 3. The van der Waals surface area contributed by atoms with Crippen LogP contribution in [0.15, 0.2) is 78.9 Å². The Hall–Kier alpha value is -2.62. The Kier molecular flexibility index (Phi) is 6.45. The number of nitrogens with one attached hydrogen (secondary N) is 1. The zero-order chi connectivity index (χ0) is 22.0. The SMILES string of the molecule is O=C(CN1C(=O)S/C(=C/c2ccc(-c3ccc(Br)cc3)o2)C1=O)Nc1ccc(Br)cc1. The number of hydrogen-bond acceptors (Lipinski definition) is 5. The molecular weight excluding hydrogens is 548 g/mol. The van der Waals surface area contributed by atoms with Crippen molar-refractivity contribution < 1.29 is 18.8 Å². The van der Waals surface area contributed by atoms with Crippen LogP contribution in [0.25, 0.3) is 17.4 Å². The predicted octanol–water partition coefficient (Wildman–Crippen LogP) is 6.15. The summed E-state index contributed by atoms with van der Waals surface area (Å²) in [5.74, 6) is 0.110. The molecule has 0 radical (unpaired) electrons. The van der Waals surface area contributed by atoms with E-state index in [4.69, 9.17) is 4.42 Å². The van der Waals surface area contributed by atoms with Gasteiger partial charge in [0.25, 0.3) is 11.1 Å². The summed E-state index contributed by atoms with van der Waals surface area (Å²) < 4.78 is 7.63. The highest BCUT2D eigenvalue weighted by Gasteiger charge is 2.36. The molecule has 6 nitrogen and oxygen atoms in total. The summed E-state index contributed by atoms with van der Waals surface area (Å²) >= 11 is 7.49. The fraction of sp³-hybridized carbons (Fsp3) is 0.0455. The lowest BCUT2D eigenvalue weighted by molar-refractivity contribution is -0.127. The molecule has 1 aliphatic heterocycles. The molecule has 2 heterocycles. The summed E-state index contributed by atoms with van der Waals surface area (Å²) in [6.07, 6.45) is 1.51. The van der Waals surface area contributed by atoms with Gasteiger partial charge < -0.3 is 9.73 Å². The quantitative estimate of drug-likeness (QED) is 0.378. The Morgan fingerprint density at radius 3 is 2.29 bits per heavy atom. The zero-order valence-electron chi connectivity index (χ0n) is 15.8. The molecule has 1 aromatic heterocycles. The van der Waals surface area contributed by atoms with Gasteiger partial charge in [-0.25, -0.2) is 0 Å². The van der Waals surface area contributed by atoms with Crippen LogP contribution in [0.3, 0.4) is 0 Å². The first-order valence-corrected chi connectivity index (χ1v) is 11.5. The first-order valence-electron chi connectivity index (χ1n) is 9.05. The summed E-state index contributed by atoms with van der Waals surface area (Å²) in [5, 5.41) is 2.17. The van der Waals surface area contributed by atoms with Crippen molar-refractivity contribution in [3.63, 3.8) is 0 Å². The van der Waals surface area contributed by atoms with Crippen molar-refractivity contribution in [2.45, 2.75) is 0 Å². The molecule has 0 atom stereocenters. The molecule has 4 rings (SSSR count). The van der Waals surface area contributed by atoms with Gasteiger partial charge in [-0.1, -0.05) is 44.0 Å². The third-order valence-electron chi connectivity index (χ3n) is 4.33. The van der Waals surface area contributed by atoms with Gasteiger partial charge in [-0.15, -0.1) is 0 Å². The van der Waals surface area contributed by atoms with Crippen molar-refractivity contribution >= 4 is 72.4 Å². The smallest absolute Gasteiger partial charge is 0.294 e. The minimum atomic E-state index is -0.525. The van der Waals surface area contributed by atoms with Crippen molar-refractivity contribution in [1.29, 1.82) is 0 Å². The van der Waals surface area contributed by atoms with Crippen LogP contribution in [0.1, 0.15) is 5.76 Å². The fourth-order valence-corrected chi connectivity index (χ4v) is 4.19. The number of benzene rings is 2. The number of carbonyl (C=O) groups is 3. The van der Waals surface area contributed by atoms with E-state index in [1.165, 1.54) is 6.08 Å². The number of halogens is 2. The lowest BCUT2D eigenvalue weighted by Gasteiger charge is -2.12. The molecule has 0 spiro atoms. The first kappa shape index (κ1) is 21.6. The topological polar surface area (TPSA) is 79.6 Å². The maximum atomic E-state index is 12.7. The minimum Gasteiger partial charge on any atom is -0.457 e. The molecule has 1 N–H and O–H groups in total. The zero-order valence-corrected chi connectivity index (χ0v) is 19.8. The molecule has 1 fully saturated rings. The van der Waals surface area contributed by atoms with Crippen LogP contribution in [0.2, 0.25) is 0 Å². The van der Waals surface area contributed by atoms with Crippen molar-refractivity contribution in [2.75, 3.05) is 11.9 Å². The van der Waals surface area contributed by atoms with Gasteiger partial charge in [0, 0.05) is 26.3 Å². The molecule has 0 saturated carbocycles. The lowest BCUT2D eigenvalue weighted by Crippen LogP contribution is -2.36. The van der Waals surface area contributed by atoms with Gasteiger partial charge in [0.05, 0.1) is 4.91 Å². The number of furan rings is 1. The molecule has 156 valence electrons. The number of nitrogens with zero attached hydrogens (tertiary/aromatic N) is 1. The Morgan fingerprint density at radius 1 is 0.968 bits per heavy atom. The Labute approximate surface area is 198 Å². The maximum absolute atomic E-state index is 12.7. The van der Waals surface area contributed by atoms with Gasteiger partial charge in [0.2, 0.25) is 5.91 Å². The van der Waals surface area contributed by atoms with Gasteiger partial charge >= 0.3 is 0 Å². The minimum absolute atomic E-state index is 0.207. The molecule has 2 aromatic carbocycles. The van der Waals surface area contributed by atoms with Crippen LogP contribution >= 0.6 is 43.6 Å². The average Bonchev–Trinajstić information content (AvgIpc) is 3.31. The standard InChI is InChI=1S/C22H14Br2N2O4S/c23-14-3-1-13(2-4-14)18-10-9-17(30-18)11-19-21(28)26(22(29)31-19)12-20(27)25-16-7-5-15(24)6-8-16/h1-11H,12H2,(H,25,27)/b19-11+. The molecule has 3 amide bonds. The highest BCUT2D eigenvalue weighted by atomic mass is 79.9. The average molecular weight is 562 g/mol. The summed E-state index contributed by atoms with van der Waals surface area (Å²) in [5.41, 5.74) is 1.47. The maximum Gasteiger partial charge on any atom is 0.294 e. The monoisotopic (exact) mass is 560 g/mol. The predicted molar refractivity (Wildman–Crippen MR) is 127 cm³/mol. The molecule has 9 heteroatoms. The number of thioether (sulfide) groups is 1. The Morgan fingerprint density at radius 2 is 1.61 bits per heavy atom. The van der Waals surface area contributed by atoms with Gasteiger partial charge in [0.1, 0.15) is 18.1 Å². The third-order valence-corrected chi connectivity index (χ3v) is 6.30. The van der Waals surface area contributed by atoms with Crippen molar-refractivity contribution in [1.82, 2.24) is 4.90 Å². The molecule has 0 unspecified atom stereocenters. The lowest BCUT2D eigenvalue weighted by atomic mass is 10.2. The largest absolute Gasteiger partial charge is 0.457 e. The van der Waals surface area contributed by atoms with E-state index >= 15 is 0 Å². The van der Waals surface area contributed by atoms with Gasteiger partial charge in [0.15, 0.2) is 0 Å². The molecule has 1 saturated heterocycles. The Balaban J connectivity index is 1.44. The van der Waals surface area contributed by atoms with E-state index in [2.05, 4.69) is 37.2 Å². The van der Waals surface area contributed by atoms with E-state index in [0.29, 0.717) is 17.2 Å². The van der Waals surface area contributed by atoms with Crippen LogP contribution in [0, 0.1) is 0 Å². The molecule has 3 aromatic rings. The first-order chi connectivity index (χ1) is 14.9. The number of carbonyl (C=O) groups excluding carboxylic acids is 3. The highest BCUT2D eigenvalue weighted by Crippen LogP contribution is 2.33. The second-order valence-corrected chi connectivity index (χ2v) is 9.36. The van der Waals surface area contributed by atoms with E-state index in [9.17, 15) is 14.4 Å². The van der Waals surface area contributed by atoms with Crippen LogP contribution in [0.5, 0.6) is 0 Å². The molecule has 0 aliphatic carbocycles. The fourth-order valence-electron chi connectivity index (χ4n) is 2.84. The van der Waals surface area contributed by atoms with Crippen molar-refractivity contribution in [3.05, 3.63) is 80.3 Å². The summed E-state index contributed by atoms with van der Waals surface area (Å²) in [7, 11) is 0. The van der Waals surface area contributed by atoms with Crippen molar-refractivity contribution in [2.24, 2.45) is 0 Å². The third kappa shape index (κ3) is 5.17. The number of hydrogen-bond donors (Lipinski definition) is 1. The van der Waals surface area contributed by atoms with E-state index in [1.807, 2.05) is 24.3 Å². The summed E-state index contributed by atoms with van der Waals surface area (Å²) in [6.45, 7) is -0.361.